The summed E-state index contributed by atoms with van der Waals surface area (Å²) in [6.07, 6.45) is -0.800. The van der Waals surface area contributed by atoms with Crippen LogP contribution < -0.4 is 5.32 Å². The Morgan fingerprint density at radius 2 is 2.00 bits per heavy atom. The van der Waals surface area contributed by atoms with Crippen LogP contribution in [-0.4, -0.2) is 40.5 Å². The Hall–Kier alpha value is -1.30. The highest BCUT2D eigenvalue weighted by molar-refractivity contribution is 5.73. The smallest absolute Gasteiger partial charge is 0.408 e. The summed E-state index contributed by atoms with van der Waals surface area (Å²) >= 11 is 0. The van der Waals surface area contributed by atoms with E-state index in [4.69, 9.17) is 14.6 Å². The quantitative estimate of drug-likeness (QED) is 0.820. The number of hydrogen-bond donors (Lipinski definition) is 2. The molecule has 110 valence electrons. The van der Waals surface area contributed by atoms with Gasteiger partial charge >= 0.3 is 12.1 Å². The summed E-state index contributed by atoms with van der Waals surface area (Å²) in [5.41, 5.74) is -1.53. The molecule has 19 heavy (non-hydrogen) atoms. The molecule has 0 aliphatic carbocycles. The Labute approximate surface area is 113 Å². The van der Waals surface area contributed by atoms with Crippen molar-refractivity contribution in [3.63, 3.8) is 0 Å². The lowest BCUT2D eigenvalue weighted by atomic mass is 9.87. The normalized spacial score (nSPS) is 31.0. The molecule has 6 heteroatoms. The predicted molar refractivity (Wildman–Crippen MR) is 69.0 cm³/mol. The molecule has 1 saturated heterocycles. The molecule has 1 amide bonds. The second kappa shape index (κ2) is 5.36. The van der Waals surface area contributed by atoms with Crippen molar-refractivity contribution >= 4 is 12.1 Å². The van der Waals surface area contributed by atoms with Gasteiger partial charge in [-0.15, -0.1) is 0 Å². The lowest BCUT2D eigenvalue weighted by Gasteiger charge is -2.32. The molecule has 0 aromatic rings. The van der Waals surface area contributed by atoms with Crippen LogP contribution in [0.4, 0.5) is 4.79 Å². The van der Waals surface area contributed by atoms with Gasteiger partial charge in [-0.2, -0.15) is 0 Å². The predicted octanol–water partition coefficient (Wildman–Crippen LogP) is 1.92. The minimum absolute atomic E-state index is 0.0933. The second-order valence-electron chi connectivity index (χ2n) is 6.15. The van der Waals surface area contributed by atoms with Gasteiger partial charge in [-0.1, -0.05) is 0 Å². The third kappa shape index (κ3) is 4.38. The van der Waals surface area contributed by atoms with Crippen molar-refractivity contribution in [1.82, 2.24) is 5.32 Å². The molecule has 1 rings (SSSR count). The minimum Gasteiger partial charge on any atom is -0.481 e. The summed E-state index contributed by atoms with van der Waals surface area (Å²) in [7, 11) is 0. The first-order valence-electron chi connectivity index (χ1n) is 6.42. The summed E-state index contributed by atoms with van der Waals surface area (Å²) in [6, 6.07) is 0. The van der Waals surface area contributed by atoms with Crippen molar-refractivity contribution in [2.75, 3.05) is 0 Å². The maximum Gasteiger partial charge on any atom is 0.408 e. The van der Waals surface area contributed by atoms with Crippen molar-refractivity contribution in [3.05, 3.63) is 0 Å². The highest BCUT2D eigenvalue weighted by atomic mass is 16.6. The molecule has 0 spiro atoms. The van der Waals surface area contributed by atoms with Crippen LogP contribution in [0.25, 0.3) is 0 Å². The van der Waals surface area contributed by atoms with E-state index in [-0.39, 0.29) is 18.6 Å². The number of alkyl carbamates (subject to hydrolysis) is 1. The van der Waals surface area contributed by atoms with Crippen molar-refractivity contribution in [2.45, 2.75) is 70.8 Å². The molecular formula is C13H23NO5. The van der Waals surface area contributed by atoms with Crippen LogP contribution in [0.2, 0.25) is 0 Å². The number of carboxylic acids is 1. The van der Waals surface area contributed by atoms with E-state index in [0.29, 0.717) is 6.42 Å². The first kappa shape index (κ1) is 15.8. The highest BCUT2D eigenvalue weighted by Crippen LogP contribution is 2.33. The molecule has 1 heterocycles. The monoisotopic (exact) mass is 273 g/mol. The summed E-state index contributed by atoms with van der Waals surface area (Å²) in [5.74, 6) is -0.972. The van der Waals surface area contributed by atoms with E-state index in [9.17, 15) is 9.59 Å². The van der Waals surface area contributed by atoms with Gasteiger partial charge in [0, 0.05) is 0 Å². The largest absolute Gasteiger partial charge is 0.481 e. The van der Waals surface area contributed by atoms with E-state index in [0.717, 1.165) is 0 Å². The Bertz CT molecular complexity index is 363. The van der Waals surface area contributed by atoms with Gasteiger partial charge in [0.05, 0.1) is 24.2 Å². The standard InChI is InChI=1S/C13H23NO5/c1-8-6-13(7-10(15)16,9(2)18-8)14-11(17)19-12(3,4)5/h8-9H,6-7H2,1-5H3,(H,14,17)(H,15,16). The fraction of sp³-hybridized carbons (Fsp3) is 0.846. The van der Waals surface area contributed by atoms with Crippen LogP contribution in [0.1, 0.15) is 47.5 Å². The minimum atomic E-state index is -0.972. The molecule has 3 atom stereocenters. The van der Waals surface area contributed by atoms with Crippen molar-refractivity contribution < 1.29 is 24.2 Å². The number of hydrogen-bond acceptors (Lipinski definition) is 4. The molecule has 6 nitrogen and oxygen atoms in total. The van der Waals surface area contributed by atoms with Gasteiger partial charge in [-0.3, -0.25) is 4.79 Å². The molecule has 0 aromatic heterocycles. The maximum absolute atomic E-state index is 11.9. The summed E-state index contributed by atoms with van der Waals surface area (Å²) in [4.78, 5) is 22.9. The number of carbonyl (C=O) groups excluding carboxylic acids is 1. The number of ether oxygens (including phenoxy) is 2. The van der Waals surface area contributed by atoms with E-state index in [1.54, 1.807) is 27.7 Å². The van der Waals surface area contributed by atoms with Gasteiger partial charge in [0.25, 0.3) is 0 Å². The van der Waals surface area contributed by atoms with Crippen LogP contribution in [0, 0.1) is 0 Å². The third-order valence-corrected chi connectivity index (χ3v) is 3.08. The fourth-order valence-corrected chi connectivity index (χ4v) is 2.40. The van der Waals surface area contributed by atoms with Crippen LogP contribution in [0.3, 0.4) is 0 Å². The third-order valence-electron chi connectivity index (χ3n) is 3.08. The molecule has 2 N–H and O–H groups in total. The lowest BCUT2D eigenvalue weighted by Crippen LogP contribution is -2.55. The number of rotatable bonds is 3. The molecular weight excluding hydrogens is 250 g/mol. The van der Waals surface area contributed by atoms with E-state index in [1.165, 1.54) is 0 Å². The Morgan fingerprint density at radius 3 is 2.37 bits per heavy atom. The molecule has 3 unspecified atom stereocenters. The number of aliphatic carboxylic acids is 1. The zero-order chi connectivity index (χ0) is 14.8. The first-order chi connectivity index (χ1) is 8.54. The summed E-state index contributed by atoms with van der Waals surface area (Å²) in [6.45, 7) is 8.90. The molecule has 1 aliphatic heterocycles. The van der Waals surface area contributed by atoms with Crippen LogP contribution in [0.15, 0.2) is 0 Å². The second-order valence-corrected chi connectivity index (χ2v) is 6.15. The zero-order valence-electron chi connectivity index (χ0n) is 12.1. The Morgan fingerprint density at radius 1 is 1.42 bits per heavy atom. The van der Waals surface area contributed by atoms with E-state index < -0.39 is 23.2 Å². The number of carboxylic acid groups (broad SMARTS) is 1. The first-order valence-corrected chi connectivity index (χ1v) is 6.42. The molecule has 1 aliphatic rings. The lowest BCUT2D eigenvalue weighted by molar-refractivity contribution is -0.139. The van der Waals surface area contributed by atoms with E-state index in [2.05, 4.69) is 5.32 Å². The van der Waals surface area contributed by atoms with Gasteiger partial charge in [0.2, 0.25) is 0 Å². The number of nitrogens with one attached hydrogen (secondary N) is 1. The van der Waals surface area contributed by atoms with Crippen molar-refractivity contribution in [3.8, 4) is 0 Å². The average molecular weight is 273 g/mol. The molecule has 0 aromatic carbocycles. The van der Waals surface area contributed by atoms with E-state index >= 15 is 0 Å². The zero-order valence-corrected chi connectivity index (χ0v) is 12.1. The van der Waals surface area contributed by atoms with Gasteiger partial charge in [0.15, 0.2) is 0 Å². The molecule has 0 saturated carbocycles. The Balaban J connectivity index is 2.82. The van der Waals surface area contributed by atoms with Crippen LogP contribution in [0.5, 0.6) is 0 Å². The van der Waals surface area contributed by atoms with Crippen LogP contribution in [-0.2, 0) is 14.3 Å². The average Bonchev–Trinajstić information content (AvgIpc) is 2.35. The summed E-state index contributed by atoms with van der Waals surface area (Å²) < 4.78 is 10.8. The van der Waals surface area contributed by atoms with Gasteiger partial charge in [0.1, 0.15) is 5.60 Å². The maximum atomic E-state index is 11.9. The SMILES string of the molecule is CC1CC(CC(=O)O)(NC(=O)OC(C)(C)C)C(C)O1. The van der Waals surface area contributed by atoms with Crippen molar-refractivity contribution in [2.24, 2.45) is 0 Å². The molecule has 1 fully saturated rings. The van der Waals surface area contributed by atoms with Gasteiger partial charge in [-0.05, 0) is 41.0 Å². The van der Waals surface area contributed by atoms with Gasteiger partial charge in [-0.25, -0.2) is 4.79 Å². The molecule has 0 bridgehead atoms. The topological polar surface area (TPSA) is 84.9 Å². The van der Waals surface area contributed by atoms with E-state index in [1.807, 2.05) is 6.92 Å². The van der Waals surface area contributed by atoms with Crippen LogP contribution >= 0.6 is 0 Å². The highest BCUT2D eigenvalue weighted by Gasteiger charge is 2.48. The van der Waals surface area contributed by atoms with Gasteiger partial charge < -0.3 is 19.9 Å². The summed E-state index contributed by atoms with van der Waals surface area (Å²) in [5, 5.41) is 11.7. The number of carbonyl (C=O) groups is 2. The number of amides is 1. The molecule has 0 radical (unpaired) electrons. The fourth-order valence-electron chi connectivity index (χ4n) is 2.40. The van der Waals surface area contributed by atoms with Crippen molar-refractivity contribution in [1.29, 1.82) is 0 Å². The Kier molecular flexibility index (Phi) is 4.45.